The smallest absolute Gasteiger partial charge is 0.462 e. The van der Waals surface area contributed by atoms with Crippen LogP contribution in [0.1, 0.15) is 408 Å². The normalized spacial score (nSPS) is 14.2. The van der Waals surface area contributed by atoms with E-state index < -0.39 is 97.5 Å². The van der Waals surface area contributed by atoms with Crippen molar-refractivity contribution in [2.75, 3.05) is 39.6 Å². The van der Waals surface area contributed by atoms with Gasteiger partial charge in [0.05, 0.1) is 26.4 Å². The second-order valence-corrected chi connectivity index (χ2v) is 31.7. The molecule has 0 radical (unpaired) electrons. The molecule has 0 saturated heterocycles. The first kappa shape index (κ1) is 95.1. The van der Waals surface area contributed by atoms with E-state index in [2.05, 4.69) is 41.5 Å². The number of ether oxygens (including phenoxy) is 4. The van der Waals surface area contributed by atoms with Crippen molar-refractivity contribution in [3.63, 3.8) is 0 Å². The van der Waals surface area contributed by atoms with Gasteiger partial charge in [-0.3, -0.25) is 37.3 Å². The molecule has 0 bridgehead atoms. The molecule has 0 aliphatic rings. The second kappa shape index (κ2) is 69.8. The van der Waals surface area contributed by atoms with Crippen molar-refractivity contribution in [3.05, 3.63) is 0 Å². The number of unbranched alkanes of at least 4 members (excludes halogenated alkanes) is 46. The highest BCUT2D eigenvalue weighted by Gasteiger charge is 2.30. The SMILES string of the molecule is CCCCCCCCCCCCCCCCCCCCC(=O)OC[C@H](COP(=O)(O)OC[C@@H](O)COP(=O)(O)OC[C@@H](COC(=O)CCCCCCCCC)OC(=O)CCCCCCCCCC(C)C)OC(=O)CCCCCCCCCCCCCCCCCCCCC(C)CC. The quantitative estimate of drug-likeness (QED) is 0.0222. The summed E-state index contributed by atoms with van der Waals surface area (Å²) in [6.07, 6.45) is 58.7. The summed E-state index contributed by atoms with van der Waals surface area (Å²) in [5.41, 5.74) is 0. The van der Waals surface area contributed by atoms with Crippen LogP contribution in [0.4, 0.5) is 0 Å². The molecular weight excluding hydrogens is 1270 g/mol. The highest BCUT2D eigenvalue weighted by atomic mass is 31.2. The number of aliphatic hydroxyl groups is 1. The third-order valence-corrected chi connectivity index (χ3v) is 20.5. The van der Waals surface area contributed by atoms with Gasteiger partial charge in [-0.2, -0.15) is 0 Å². The lowest BCUT2D eigenvalue weighted by molar-refractivity contribution is -0.161. The van der Waals surface area contributed by atoms with Crippen molar-refractivity contribution < 1.29 is 80.2 Å². The second-order valence-electron chi connectivity index (χ2n) is 28.8. The van der Waals surface area contributed by atoms with Crippen LogP contribution < -0.4 is 0 Å². The molecule has 17 nitrogen and oxygen atoms in total. The fraction of sp³-hybridized carbons (Fsp3) is 0.949. The summed E-state index contributed by atoms with van der Waals surface area (Å²) >= 11 is 0. The van der Waals surface area contributed by atoms with E-state index >= 15 is 0 Å². The van der Waals surface area contributed by atoms with Crippen LogP contribution >= 0.6 is 15.6 Å². The average Bonchev–Trinajstić information content (AvgIpc) is 1.64. The van der Waals surface area contributed by atoms with Gasteiger partial charge < -0.3 is 33.8 Å². The molecule has 3 unspecified atom stereocenters. The third-order valence-electron chi connectivity index (χ3n) is 18.6. The van der Waals surface area contributed by atoms with Gasteiger partial charge in [0, 0.05) is 25.7 Å². The fourth-order valence-corrected chi connectivity index (χ4v) is 13.6. The van der Waals surface area contributed by atoms with E-state index in [0.717, 1.165) is 109 Å². The van der Waals surface area contributed by atoms with Crippen LogP contribution in [0.5, 0.6) is 0 Å². The number of hydrogen-bond acceptors (Lipinski definition) is 15. The fourth-order valence-electron chi connectivity index (χ4n) is 12.0. The molecule has 3 N–H and O–H groups in total. The number of carbonyl (C=O) groups excluding carboxylic acids is 4. The minimum absolute atomic E-state index is 0.103. The predicted octanol–water partition coefficient (Wildman–Crippen LogP) is 23.1. The Balaban J connectivity index is 5.14. The molecule has 0 aromatic rings. The summed E-state index contributed by atoms with van der Waals surface area (Å²) in [5, 5.41) is 10.6. The van der Waals surface area contributed by atoms with Gasteiger partial charge in [-0.1, -0.05) is 356 Å². The molecule has 0 aliphatic carbocycles. The van der Waals surface area contributed by atoms with Crippen molar-refractivity contribution in [3.8, 4) is 0 Å². The first-order valence-corrected chi connectivity index (χ1v) is 43.5. The summed E-state index contributed by atoms with van der Waals surface area (Å²) in [7, 11) is -9.91. The van der Waals surface area contributed by atoms with Crippen molar-refractivity contribution in [2.24, 2.45) is 11.8 Å². The third kappa shape index (κ3) is 70.9. The number of carbonyl (C=O) groups is 4. The van der Waals surface area contributed by atoms with Crippen molar-refractivity contribution >= 4 is 39.5 Å². The summed E-state index contributed by atoms with van der Waals surface area (Å²) < 4.78 is 68.4. The van der Waals surface area contributed by atoms with Gasteiger partial charge in [0.1, 0.15) is 19.3 Å². The summed E-state index contributed by atoms with van der Waals surface area (Å²) in [6.45, 7) is 9.56. The van der Waals surface area contributed by atoms with Gasteiger partial charge in [0.25, 0.3) is 0 Å². The van der Waals surface area contributed by atoms with Crippen LogP contribution in [0, 0.1) is 11.8 Å². The Bertz CT molecular complexity index is 1870. The van der Waals surface area contributed by atoms with Gasteiger partial charge in [-0.05, 0) is 37.5 Å². The zero-order valence-electron chi connectivity index (χ0n) is 63.4. The first-order valence-electron chi connectivity index (χ1n) is 40.5. The Hall–Kier alpha value is -1.94. The minimum Gasteiger partial charge on any atom is -0.462 e. The zero-order chi connectivity index (χ0) is 71.4. The Morgan fingerprint density at radius 1 is 0.299 bits per heavy atom. The summed E-state index contributed by atoms with van der Waals surface area (Å²) in [4.78, 5) is 72.7. The Morgan fingerprint density at radius 2 is 0.526 bits per heavy atom. The van der Waals surface area contributed by atoms with Crippen LogP contribution in [-0.4, -0.2) is 96.7 Å². The lowest BCUT2D eigenvalue weighted by Gasteiger charge is -2.21. The Kier molecular flexibility index (Phi) is 68.4. The van der Waals surface area contributed by atoms with Crippen LogP contribution in [0.15, 0.2) is 0 Å². The Morgan fingerprint density at radius 3 is 0.784 bits per heavy atom. The van der Waals surface area contributed by atoms with E-state index in [1.807, 2.05) is 0 Å². The van der Waals surface area contributed by atoms with E-state index in [1.54, 1.807) is 0 Å². The molecule has 576 valence electrons. The maximum Gasteiger partial charge on any atom is 0.472 e. The average molecular weight is 1420 g/mol. The maximum atomic E-state index is 13.1. The number of esters is 4. The van der Waals surface area contributed by atoms with Gasteiger partial charge in [0.15, 0.2) is 12.2 Å². The molecule has 19 heteroatoms. The van der Waals surface area contributed by atoms with E-state index in [0.29, 0.717) is 31.6 Å². The summed E-state index contributed by atoms with van der Waals surface area (Å²) in [5.74, 6) is -0.554. The van der Waals surface area contributed by atoms with Crippen LogP contribution in [0.25, 0.3) is 0 Å². The lowest BCUT2D eigenvalue weighted by Crippen LogP contribution is -2.30. The first-order chi connectivity index (χ1) is 46.9. The number of hydrogen-bond donors (Lipinski definition) is 3. The Labute approximate surface area is 594 Å². The molecule has 6 atom stereocenters. The largest absolute Gasteiger partial charge is 0.472 e. The molecular formula is C78H152O17P2. The maximum absolute atomic E-state index is 13.1. The number of rotatable bonds is 77. The van der Waals surface area contributed by atoms with Gasteiger partial charge >= 0.3 is 39.5 Å². The molecule has 0 heterocycles. The van der Waals surface area contributed by atoms with Gasteiger partial charge in [0.2, 0.25) is 0 Å². The number of phosphoric ester groups is 2. The van der Waals surface area contributed by atoms with Crippen LogP contribution in [0.3, 0.4) is 0 Å². The topological polar surface area (TPSA) is 237 Å². The number of phosphoric acid groups is 2. The van der Waals surface area contributed by atoms with Crippen molar-refractivity contribution in [1.29, 1.82) is 0 Å². The highest BCUT2D eigenvalue weighted by molar-refractivity contribution is 7.47. The van der Waals surface area contributed by atoms with Crippen LogP contribution in [0.2, 0.25) is 0 Å². The molecule has 0 fully saturated rings. The molecule has 0 aromatic carbocycles. The lowest BCUT2D eigenvalue weighted by atomic mass is 9.99. The molecule has 0 amide bonds. The number of aliphatic hydroxyl groups excluding tert-OH is 1. The van der Waals surface area contributed by atoms with E-state index in [9.17, 15) is 43.2 Å². The van der Waals surface area contributed by atoms with Gasteiger partial charge in [-0.25, -0.2) is 9.13 Å². The predicted molar refractivity (Wildman–Crippen MR) is 395 cm³/mol. The highest BCUT2D eigenvalue weighted by Crippen LogP contribution is 2.45. The van der Waals surface area contributed by atoms with E-state index in [-0.39, 0.29) is 25.7 Å². The monoisotopic (exact) mass is 1420 g/mol. The minimum atomic E-state index is -4.96. The van der Waals surface area contributed by atoms with Gasteiger partial charge in [-0.15, -0.1) is 0 Å². The molecule has 97 heavy (non-hydrogen) atoms. The molecule has 0 aromatic heterocycles. The zero-order valence-corrected chi connectivity index (χ0v) is 65.2. The molecule has 0 spiro atoms. The molecule has 0 saturated carbocycles. The van der Waals surface area contributed by atoms with E-state index in [4.69, 9.17) is 37.0 Å². The van der Waals surface area contributed by atoms with E-state index in [1.165, 1.54) is 212 Å². The van der Waals surface area contributed by atoms with Crippen molar-refractivity contribution in [2.45, 2.75) is 426 Å². The molecule has 0 rings (SSSR count). The summed E-state index contributed by atoms with van der Waals surface area (Å²) in [6, 6.07) is 0. The van der Waals surface area contributed by atoms with Crippen LogP contribution in [-0.2, 0) is 65.4 Å². The van der Waals surface area contributed by atoms with Crippen molar-refractivity contribution in [1.82, 2.24) is 0 Å². The molecule has 0 aliphatic heterocycles. The standard InChI is InChI=1S/C78H152O17P2/c1-7-10-12-14-16-17-18-19-20-21-25-28-31-34-37-43-49-55-61-76(81)89-67-74(94-77(82)62-56-50-44-38-35-32-29-26-23-22-24-27-30-33-36-42-47-53-59-71(6)9-3)69-93-97(86,87)91-65-72(79)64-90-96(84,85)92-68-73(66-88-75(80)60-54-48-40-15-13-11-8-2)95-78(83)63-57-51-45-39-41-46-52-58-70(4)5/h70-74,79H,7-69H2,1-6H3,(H,84,85)(H,86,87)/t71?,72-,73+,74+/m0/s1.